The number of hydrogen-bond donors (Lipinski definition) is 2. The van der Waals surface area contributed by atoms with Gasteiger partial charge in [0.2, 0.25) is 0 Å². The zero-order valence-electron chi connectivity index (χ0n) is 8.07. The van der Waals surface area contributed by atoms with E-state index in [4.69, 9.17) is 26.2 Å². The van der Waals surface area contributed by atoms with Crippen LogP contribution in [0.5, 0.6) is 17.2 Å². The summed E-state index contributed by atoms with van der Waals surface area (Å²) >= 11 is 5.68. The summed E-state index contributed by atoms with van der Waals surface area (Å²) < 4.78 is 9.64. The second-order valence-electron chi connectivity index (χ2n) is 2.62. The van der Waals surface area contributed by atoms with Crippen LogP contribution in [-0.4, -0.2) is 30.4 Å². The molecule has 5 nitrogen and oxygen atoms in total. The third-order valence-corrected chi connectivity index (χ3v) is 2.19. The molecule has 2 N–H and O–H groups in total. The number of ether oxygens (including phenoxy) is 2. The molecular weight excluding hydrogens is 224 g/mol. The number of benzene rings is 1. The molecule has 0 heterocycles. The zero-order valence-corrected chi connectivity index (χ0v) is 8.83. The molecule has 0 amide bonds. The molecule has 0 bridgehead atoms. The molecule has 0 saturated heterocycles. The second kappa shape index (κ2) is 4.27. The summed E-state index contributed by atoms with van der Waals surface area (Å²) in [6.07, 6.45) is 0. The van der Waals surface area contributed by atoms with Crippen molar-refractivity contribution in [2.45, 2.75) is 0 Å². The van der Waals surface area contributed by atoms with E-state index >= 15 is 0 Å². The molecule has 0 spiro atoms. The van der Waals surface area contributed by atoms with Crippen molar-refractivity contribution >= 4 is 17.6 Å². The highest BCUT2D eigenvalue weighted by molar-refractivity contribution is 6.34. The number of carboxylic acid groups (broad SMARTS) is 1. The molecule has 82 valence electrons. The Morgan fingerprint density at radius 1 is 1.33 bits per heavy atom. The summed E-state index contributed by atoms with van der Waals surface area (Å²) in [7, 11) is 2.63. The first-order valence-corrected chi connectivity index (χ1v) is 4.27. The topological polar surface area (TPSA) is 76.0 Å². The molecular formula is C9H9ClO5. The Labute approximate surface area is 90.8 Å². The van der Waals surface area contributed by atoms with Crippen molar-refractivity contribution in [1.82, 2.24) is 0 Å². The van der Waals surface area contributed by atoms with Crippen molar-refractivity contribution in [2.75, 3.05) is 14.2 Å². The summed E-state index contributed by atoms with van der Waals surface area (Å²) in [5, 5.41) is 18.2. The molecule has 0 atom stereocenters. The van der Waals surface area contributed by atoms with Crippen molar-refractivity contribution in [3.8, 4) is 17.2 Å². The lowest BCUT2D eigenvalue weighted by molar-refractivity contribution is 0.0690. The van der Waals surface area contributed by atoms with Gasteiger partial charge in [-0.25, -0.2) is 4.79 Å². The van der Waals surface area contributed by atoms with Gasteiger partial charge < -0.3 is 19.7 Å². The second-order valence-corrected chi connectivity index (χ2v) is 3.00. The molecule has 1 aromatic carbocycles. The lowest BCUT2D eigenvalue weighted by Crippen LogP contribution is -2.02. The molecule has 0 saturated carbocycles. The van der Waals surface area contributed by atoms with Gasteiger partial charge in [0.05, 0.1) is 14.2 Å². The average Bonchev–Trinajstić information content (AvgIpc) is 2.20. The maximum absolute atomic E-state index is 10.8. The molecule has 1 aromatic rings. The van der Waals surface area contributed by atoms with Gasteiger partial charge in [-0.15, -0.1) is 0 Å². The maximum atomic E-state index is 10.8. The first-order chi connectivity index (χ1) is 7.02. The Balaban J connectivity index is 3.51. The van der Waals surface area contributed by atoms with E-state index in [2.05, 4.69) is 0 Å². The minimum absolute atomic E-state index is 0.0127. The van der Waals surface area contributed by atoms with E-state index in [0.717, 1.165) is 0 Å². The Morgan fingerprint density at radius 2 is 1.87 bits per heavy atom. The molecule has 0 unspecified atom stereocenters. The number of phenols is 1. The molecule has 0 radical (unpaired) electrons. The first-order valence-electron chi connectivity index (χ1n) is 3.89. The van der Waals surface area contributed by atoms with Crippen LogP contribution in [0.4, 0.5) is 0 Å². The van der Waals surface area contributed by atoms with Gasteiger partial charge in [-0.1, -0.05) is 11.6 Å². The summed E-state index contributed by atoms with van der Waals surface area (Å²) in [6.45, 7) is 0. The third kappa shape index (κ3) is 1.92. The molecule has 15 heavy (non-hydrogen) atoms. The fraction of sp³-hybridized carbons (Fsp3) is 0.222. The van der Waals surface area contributed by atoms with E-state index in [1.165, 1.54) is 20.3 Å². The number of hydrogen-bond acceptors (Lipinski definition) is 4. The SMILES string of the molecule is COc1cc(OC)c(C(=O)O)c(O)c1Cl. The van der Waals surface area contributed by atoms with Crippen LogP contribution in [0.25, 0.3) is 0 Å². The fourth-order valence-corrected chi connectivity index (χ4v) is 1.34. The molecule has 0 fully saturated rings. The van der Waals surface area contributed by atoms with Crippen LogP contribution in [0.3, 0.4) is 0 Å². The summed E-state index contributed by atoms with van der Waals surface area (Å²) in [5.74, 6) is -1.76. The number of carboxylic acids is 1. The quantitative estimate of drug-likeness (QED) is 0.831. The highest BCUT2D eigenvalue weighted by Crippen LogP contribution is 2.41. The first kappa shape index (κ1) is 11.5. The summed E-state index contributed by atoms with van der Waals surface area (Å²) in [4.78, 5) is 10.8. The van der Waals surface area contributed by atoms with Crippen LogP contribution in [0.1, 0.15) is 10.4 Å². The minimum atomic E-state index is -1.33. The zero-order chi connectivity index (χ0) is 11.6. The summed E-state index contributed by atoms with van der Waals surface area (Å²) in [5.41, 5.74) is -0.386. The van der Waals surface area contributed by atoms with Crippen LogP contribution in [0.2, 0.25) is 5.02 Å². The number of methoxy groups -OCH3 is 2. The monoisotopic (exact) mass is 232 g/mol. The molecule has 0 aliphatic rings. The van der Waals surface area contributed by atoms with Gasteiger partial charge >= 0.3 is 5.97 Å². The lowest BCUT2D eigenvalue weighted by Gasteiger charge is -2.11. The largest absolute Gasteiger partial charge is 0.505 e. The van der Waals surface area contributed by atoms with Crippen LogP contribution in [0.15, 0.2) is 6.07 Å². The number of aromatic hydroxyl groups is 1. The summed E-state index contributed by atoms with van der Waals surface area (Å²) in [6, 6.07) is 1.30. The van der Waals surface area contributed by atoms with E-state index in [1.54, 1.807) is 0 Å². The standard InChI is InChI=1S/C9H9ClO5/c1-14-4-3-5(15-2)7(10)8(11)6(4)9(12)13/h3,11H,1-2H3,(H,12,13). The molecule has 0 aromatic heterocycles. The van der Waals surface area contributed by atoms with Crippen LogP contribution in [0, 0.1) is 0 Å². The minimum Gasteiger partial charge on any atom is -0.505 e. The van der Waals surface area contributed by atoms with Gasteiger partial charge in [0.25, 0.3) is 0 Å². The Hall–Kier alpha value is -1.62. The van der Waals surface area contributed by atoms with Gasteiger partial charge in [-0.05, 0) is 0 Å². The average molecular weight is 233 g/mol. The van der Waals surface area contributed by atoms with Gasteiger partial charge in [0, 0.05) is 6.07 Å². The Bertz CT molecular complexity index is 402. The highest BCUT2D eigenvalue weighted by atomic mass is 35.5. The molecule has 1 rings (SSSR count). The molecule has 6 heteroatoms. The highest BCUT2D eigenvalue weighted by Gasteiger charge is 2.22. The van der Waals surface area contributed by atoms with E-state index in [1.807, 2.05) is 0 Å². The normalized spacial score (nSPS) is 9.80. The van der Waals surface area contributed by atoms with E-state index in [0.29, 0.717) is 0 Å². The van der Waals surface area contributed by atoms with E-state index < -0.39 is 11.7 Å². The van der Waals surface area contributed by atoms with E-state index in [-0.39, 0.29) is 22.1 Å². The van der Waals surface area contributed by atoms with Crippen molar-refractivity contribution in [2.24, 2.45) is 0 Å². The number of aromatic carboxylic acids is 1. The Kier molecular flexibility index (Phi) is 3.26. The van der Waals surface area contributed by atoms with Gasteiger partial charge in [-0.3, -0.25) is 0 Å². The van der Waals surface area contributed by atoms with Crippen LogP contribution in [-0.2, 0) is 0 Å². The van der Waals surface area contributed by atoms with Gasteiger partial charge in [0.15, 0.2) is 5.75 Å². The van der Waals surface area contributed by atoms with Crippen LogP contribution < -0.4 is 9.47 Å². The molecule has 0 aliphatic carbocycles. The van der Waals surface area contributed by atoms with Crippen molar-refractivity contribution in [3.63, 3.8) is 0 Å². The Morgan fingerprint density at radius 3 is 2.27 bits per heavy atom. The van der Waals surface area contributed by atoms with Crippen molar-refractivity contribution in [1.29, 1.82) is 0 Å². The predicted molar refractivity (Wildman–Crippen MR) is 53.2 cm³/mol. The molecule has 0 aliphatic heterocycles. The smallest absolute Gasteiger partial charge is 0.343 e. The van der Waals surface area contributed by atoms with Gasteiger partial charge in [0.1, 0.15) is 22.1 Å². The van der Waals surface area contributed by atoms with Gasteiger partial charge in [-0.2, -0.15) is 0 Å². The van der Waals surface area contributed by atoms with Crippen LogP contribution >= 0.6 is 11.6 Å². The third-order valence-electron chi connectivity index (χ3n) is 1.82. The maximum Gasteiger partial charge on any atom is 0.343 e. The van der Waals surface area contributed by atoms with E-state index in [9.17, 15) is 9.90 Å². The van der Waals surface area contributed by atoms with Crippen molar-refractivity contribution in [3.05, 3.63) is 16.7 Å². The fourth-order valence-electron chi connectivity index (χ4n) is 1.11. The number of halogens is 1. The lowest BCUT2D eigenvalue weighted by atomic mass is 10.1. The predicted octanol–water partition coefficient (Wildman–Crippen LogP) is 1.76. The number of rotatable bonds is 3. The number of carbonyl (C=O) groups is 1. The van der Waals surface area contributed by atoms with Crippen molar-refractivity contribution < 1.29 is 24.5 Å².